The van der Waals surface area contributed by atoms with Crippen molar-refractivity contribution in [3.8, 4) is 0 Å². The SMILES string of the molecule is CCCCCCCCCCCCCCCCCC(CCC)[N+](C)(C)[Si](OC)(OC)OC.[Cl-]. The topological polar surface area (TPSA) is 27.7 Å². The summed E-state index contributed by atoms with van der Waals surface area (Å²) in [5.41, 5.74) is 0. The van der Waals surface area contributed by atoms with E-state index in [-0.39, 0.29) is 12.4 Å². The highest BCUT2D eigenvalue weighted by atomic mass is 35.5. The van der Waals surface area contributed by atoms with Crippen molar-refractivity contribution in [2.24, 2.45) is 0 Å². The highest BCUT2D eigenvalue weighted by Crippen LogP contribution is 2.28. The van der Waals surface area contributed by atoms with Gasteiger partial charge in [-0.05, 0) is 19.3 Å². The van der Waals surface area contributed by atoms with Crippen molar-refractivity contribution in [1.29, 1.82) is 0 Å². The maximum absolute atomic E-state index is 5.82. The standard InChI is InChI=1S/C26H58NO3Si.ClH/c1-8-10-11-12-13-14-15-16-17-18-19-20-21-22-23-25-26(24-9-2)27(3,4)31(28-5,29-6)30-7;/h26H,8-25H2,1-7H3;1H/q+1;/p-1. The summed E-state index contributed by atoms with van der Waals surface area (Å²) in [5, 5.41) is 0. The smallest absolute Gasteiger partial charge is 0.783 e. The van der Waals surface area contributed by atoms with Crippen LogP contribution in [0.5, 0.6) is 0 Å². The lowest BCUT2D eigenvalue weighted by Crippen LogP contribution is -3.00. The summed E-state index contributed by atoms with van der Waals surface area (Å²) in [7, 11) is 6.94. The third-order valence-electron chi connectivity index (χ3n) is 7.16. The molecule has 0 aromatic heterocycles. The molecule has 0 spiro atoms. The highest BCUT2D eigenvalue weighted by molar-refractivity contribution is 6.52. The van der Waals surface area contributed by atoms with Crippen LogP contribution in [-0.4, -0.2) is 54.6 Å². The van der Waals surface area contributed by atoms with Crippen LogP contribution in [0.3, 0.4) is 0 Å². The van der Waals surface area contributed by atoms with Crippen LogP contribution in [0.4, 0.5) is 0 Å². The largest absolute Gasteiger partial charge is 1.00 e. The zero-order valence-electron chi connectivity index (χ0n) is 22.9. The molecule has 0 amide bonds. The number of halogens is 1. The van der Waals surface area contributed by atoms with Gasteiger partial charge in [0.15, 0.2) is 0 Å². The van der Waals surface area contributed by atoms with E-state index in [0.29, 0.717) is 10.2 Å². The van der Waals surface area contributed by atoms with E-state index in [0.717, 1.165) is 0 Å². The molecule has 0 rings (SSSR count). The van der Waals surface area contributed by atoms with Crippen molar-refractivity contribution >= 4 is 8.97 Å². The summed E-state index contributed by atoms with van der Waals surface area (Å²) in [4.78, 5) is 0. The molecule has 1 unspecified atom stereocenters. The summed E-state index contributed by atoms with van der Waals surface area (Å²) in [5.74, 6) is 0. The van der Waals surface area contributed by atoms with E-state index in [1.165, 1.54) is 116 Å². The van der Waals surface area contributed by atoms with Gasteiger partial charge in [0.1, 0.15) is 0 Å². The monoisotopic (exact) mass is 495 g/mol. The van der Waals surface area contributed by atoms with E-state index in [1.54, 1.807) is 21.3 Å². The summed E-state index contributed by atoms with van der Waals surface area (Å²) < 4.78 is 18.2. The Balaban J connectivity index is 0. The predicted octanol–water partition coefficient (Wildman–Crippen LogP) is 4.87. The second-order valence-electron chi connectivity index (χ2n) is 9.86. The van der Waals surface area contributed by atoms with Gasteiger partial charge in [-0.2, -0.15) is 0 Å². The fourth-order valence-electron chi connectivity index (χ4n) is 5.05. The van der Waals surface area contributed by atoms with Gasteiger partial charge in [-0.3, -0.25) is 0 Å². The van der Waals surface area contributed by atoms with Crippen LogP contribution >= 0.6 is 0 Å². The van der Waals surface area contributed by atoms with Crippen molar-refractivity contribution in [3.63, 3.8) is 0 Å². The third kappa shape index (κ3) is 13.3. The second-order valence-corrected chi connectivity index (χ2v) is 13.3. The molecule has 0 fully saturated rings. The average Bonchev–Trinajstić information content (AvgIpc) is 2.77. The van der Waals surface area contributed by atoms with Crippen molar-refractivity contribution in [3.05, 3.63) is 0 Å². The minimum absolute atomic E-state index is 0. The van der Waals surface area contributed by atoms with Crippen molar-refractivity contribution < 1.29 is 29.8 Å². The quantitative estimate of drug-likeness (QED) is 0.149. The van der Waals surface area contributed by atoms with E-state index in [4.69, 9.17) is 13.3 Å². The molecule has 0 aliphatic rings. The zero-order valence-corrected chi connectivity index (χ0v) is 24.6. The van der Waals surface area contributed by atoms with Gasteiger partial charge in [0.05, 0.1) is 20.1 Å². The Bertz CT molecular complexity index is 387. The first-order chi connectivity index (χ1) is 15.0. The summed E-state index contributed by atoms with van der Waals surface area (Å²) in [6.45, 7) is 4.57. The molecule has 0 aromatic rings. The number of quaternary nitrogens is 1. The molecule has 0 saturated heterocycles. The Hall–Kier alpha value is 0.347. The molecule has 0 saturated carbocycles. The molecule has 196 valence electrons. The number of hydrogen-bond acceptors (Lipinski definition) is 3. The van der Waals surface area contributed by atoms with E-state index < -0.39 is 8.97 Å². The molecular formula is C26H58ClNO3Si. The van der Waals surface area contributed by atoms with Crippen LogP contribution in [0.25, 0.3) is 0 Å². The number of hydrogen-bond donors (Lipinski definition) is 0. The first-order valence-electron chi connectivity index (χ1n) is 13.4. The van der Waals surface area contributed by atoms with E-state index in [9.17, 15) is 0 Å². The second kappa shape index (κ2) is 21.9. The molecule has 0 N–H and O–H groups in total. The summed E-state index contributed by atoms with van der Waals surface area (Å²) >= 11 is 0. The molecule has 0 aliphatic heterocycles. The maximum atomic E-state index is 5.82. The molecular weight excluding hydrogens is 438 g/mol. The average molecular weight is 496 g/mol. The minimum Gasteiger partial charge on any atom is -1.00 e. The number of nitrogens with zero attached hydrogens (tertiary/aromatic N) is 1. The van der Waals surface area contributed by atoms with Gasteiger partial charge in [-0.25, -0.2) is 0 Å². The summed E-state index contributed by atoms with van der Waals surface area (Å²) in [6, 6.07) is 0.526. The fourth-order valence-corrected chi connectivity index (χ4v) is 7.67. The van der Waals surface area contributed by atoms with Crippen molar-refractivity contribution in [2.75, 3.05) is 35.4 Å². The fraction of sp³-hybridized carbons (Fsp3) is 1.00. The molecule has 32 heavy (non-hydrogen) atoms. The molecule has 0 heterocycles. The molecule has 1 atom stereocenters. The number of unbranched alkanes of at least 4 members (excludes halogenated alkanes) is 14. The Labute approximate surface area is 209 Å². The highest BCUT2D eigenvalue weighted by Gasteiger charge is 2.62. The maximum Gasteiger partial charge on any atom is 0.783 e. The Morgan fingerprint density at radius 1 is 0.531 bits per heavy atom. The van der Waals surface area contributed by atoms with Crippen molar-refractivity contribution in [1.82, 2.24) is 0 Å². The minimum atomic E-state index is -2.72. The van der Waals surface area contributed by atoms with E-state index >= 15 is 0 Å². The molecule has 0 bridgehead atoms. The zero-order chi connectivity index (χ0) is 23.4. The van der Waals surface area contributed by atoms with Gasteiger partial charge in [-0.15, -0.1) is 0 Å². The Morgan fingerprint density at radius 3 is 1.19 bits per heavy atom. The number of rotatable bonds is 23. The van der Waals surface area contributed by atoms with E-state index in [1.807, 2.05) is 0 Å². The molecule has 0 radical (unpaired) electrons. The van der Waals surface area contributed by atoms with Crippen LogP contribution in [0.1, 0.15) is 129 Å². The first-order valence-corrected chi connectivity index (χ1v) is 15.1. The van der Waals surface area contributed by atoms with Gasteiger partial charge in [0.2, 0.25) is 0 Å². The lowest BCUT2D eigenvalue weighted by molar-refractivity contribution is -0.846. The van der Waals surface area contributed by atoms with Crippen LogP contribution < -0.4 is 12.4 Å². The van der Waals surface area contributed by atoms with Crippen LogP contribution in [0.2, 0.25) is 0 Å². The third-order valence-corrected chi connectivity index (χ3v) is 10.5. The normalized spacial score (nSPS) is 13.2. The Morgan fingerprint density at radius 2 is 0.875 bits per heavy atom. The van der Waals surface area contributed by atoms with E-state index in [2.05, 4.69) is 27.9 Å². The lowest BCUT2D eigenvalue weighted by atomic mass is 10.0. The Kier molecular flexibility index (Phi) is 23.6. The predicted molar refractivity (Wildman–Crippen MR) is 137 cm³/mol. The molecule has 0 aromatic carbocycles. The lowest BCUT2D eigenvalue weighted by Gasteiger charge is -2.45. The van der Waals surface area contributed by atoms with Gasteiger partial charge >= 0.3 is 8.97 Å². The van der Waals surface area contributed by atoms with Crippen molar-refractivity contribution in [2.45, 2.75) is 135 Å². The van der Waals surface area contributed by atoms with Gasteiger partial charge in [0.25, 0.3) is 0 Å². The molecule has 4 nitrogen and oxygen atoms in total. The van der Waals surface area contributed by atoms with Crippen LogP contribution in [0, 0.1) is 0 Å². The molecule has 0 aliphatic carbocycles. The summed E-state index contributed by atoms with van der Waals surface area (Å²) in [6.07, 6.45) is 24.8. The van der Waals surface area contributed by atoms with Gasteiger partial charge < -0.3 is 29.8 Å². The van der Waals surface area contributed by atoms with Crippen LogP contribution in [0.15, 0.2) is 0 Å². The van der Waals surface area contributed by atoms with Gasteiger partial charge in [-0.1, -0.05) is 110 Å². The van der Waals surface area contributed by atoms with Crippen LogP contribution in [-0.2, 0) is 13.3 Å². The van der Waals surface area contributed by atoms with Gasteiger partial charge in [0, 0.05) is 21.3 Å². The first kappa shape index (κ1) is 34.5. The molecule has 6 heteroatoms.